The molecule has 16 aromatic carbocycles. The van der Waals surface area contributed by atoms with Crippen molar-refractivity contribution in [3.8, 4) is 77.9 Å². The number of halogens is 6. The van der Waals surface area contributed by atoms with Crippen LogP contribution in [0.25, 0.3) is 84.0 Å². The minimum Gasteiger partial charge on any atom is -0.310 e. The van der Waals surface area contributed by atoms with E-state index in [1.807, 2.05) is 140 Å². The lowest BCUT2D eigenvalue weighted by molar-refractivity contribution is 0.443. The number of benzene rings is 16. The van der Waals surface area contributed by atoms with Crippen molar-refractivity contribution in [3.05, 3.63) is 461 Å². The minimum absolute atomic E-state index is 0.236. The number of hydrogen-bond acceptors (Lipinski definition) is 2. The third-order valence-electron chi connectivity index (χ3n) is 21.9. The molecule has 18 rings (SSSR count). The molecule has 0 bridgehead atoms. The first-order valence-corrected chi connectivity index (χ1v) is 36.3. The summed E-state index contributed by atoms with van der Waals surface area (Å²) in [6.07, 6.45) is 1.75. The van der Waals surface area contributed by atoms with E-state index in [1.165, 1.54) is 0 Å². The van der Waals surface area contributed by atoms with Gasteiger partial charge in [0.2, 0.25) is 0 Å². The fraction of sp³-hybridized carbons (Fsp3) is 0.0297. The van der Waals surface area contributed by atoms with Crippen LogP contribution in [0.2, 0.25) is 0 Å². The lowest BCUT2D eigenvalue weighted by Crippen LogP contribution is -2.29. The molecule has 2 unspecified atom stereocenters. The van der Waals surface area contributed by atoms with Gasteiger partial charge in [0, 0.05) is 34.1 Å². The zero-order valence-electron chi connectivity index (χ0n) is 59.1. The predicted octanol–water partition coefficient (Wildman–Crippen LogP) is 27.5. The maximum absolute atomic E-state index is 16.0. The Labute approximate surface area is 629 Å². The molecule has 0 heterocycles. The normalized spacial score (nSPS) is 14.5. The molecule has 0 amide bonds. The van der Waals surface area contributed by atoms with Crippen molar-refractivity contribution in [1.29, 1.82) is 0 Å². The summed E-state index contributed by atoms with van der Waals surface area (Å²) in [5.41, 5.74) is 23.2. The molecule has 2 aliphatic carbocycles. The van der Waals surface area contributed by atoms with E-state index in [9.17, 15) is 0 Å². The van der Waals surface area contributed by atoms with Gasteiger partial charge in [0.25, 0.3) is 0 Å². The number of rotatable bonds is 16. The monoisotopic (exact) mass is 1420 g/mol. The van der Waals surface area contributed by atoms with E-state index < -0.39 is 45.7 Å². The first-order chi connectivity index (χ1) is 53.3. The van der Waals surface area contributed by atoms with Crippen molar-refractivity contribution in [2.75, 3.05) is 9.80 Å². The Hall–Kier alpha value is -13.6. The van der Waals surface area contributed by atoms with E-state index in [0.29, 0.717) is 0 Å². The Morgan fingerprint density at radius 3 is 0.872 bits per heavy atom. The molecule has 0 spiro atoms. The molecule has 0 aliphatic heterocycles. The SMILES string of the molecule is C=Cc1ccc(C2(c3cc(F)c(F)c(F)c3)c3ccccc3-c3ccc(N(c4ccc(-c5ccc(N(c6ccc(-c7cccc(-c8ccccc8)c7)cc6)c6ccc7c(c6)C(c6ccc(C)cc6)(c6cc(F)c(F)c(F)c6)c6ccccc6-7)cc5)cc4)c4ccc(-c5cccc(-c6ccccc6)c5)cc4)cc32)cc1. The van der Waals surface area contributed by atoms with E-state index in [2.05, 4.69) is 223 Å². The maximum Gasteiger partial charge on any atom is 0.194 e. The van der Waals surface area contributed by atoms with E-state index >= 15 is 26.3 Å². The Morgan fingerprint density at radius 2 is 0.523 bits per heavy atom. The van der Waals surface area contributed by atoms with Crippen molar-refractivity contribution in [3.63, 3.8) is 0 Å². The average molecular weight is 1420 g/mol. The molecule has 0 saturated carbocycles. The van der Waals surface area contributed by atoms with Crippen LogP contribution >= 0.6 is 0 Å². The first kappa shape index (κ1) is 67.3. The third-order valence-corrected chi connectivity index (χ3v) is 21.9. The van der Waals surface area contributed by atoms with Gasteiger partial charge in [-0.05, 0) is 244 Å². The molecule has 0 radical (unpaired) electrons. The highest BCUT2D eigenvalue weighted by Gasteiger charge is 2.49. The van der Waals surface area contributed by atoms with Crippen LogP contribution in [0.1, 0.15) is 55.6 Å². The molecule has 0 saturated heterocycles. The summed E-state index contributed by atoms with van der Waals surface area (Å²) in [5, 5.41) is 0. The molecular formula is C101H66F6N2. The molecule has 2 nitrogen and oxygen atoms in total. The van der Waals surface area contributed by atoms with Crippen LogP contribution in [0, 0.1) is 41.8 Å². The molecule has 16 aromatic rings. The van der Waals surface area contributed by atoms with Crippen LogP contribution < -0.4 is 9.80 Å². The van der Waals surface area contributed by atoms with Crippen molar-refractivity contribution < 1.29 is 26.3 Å². The fourth-order valence-electron chi connectivity index (χ4n) is 16.7. The van der Waals surface area contributed by atoms with Gasteiger partial charge in [-0.3, -0.25) is 0 Å². The van der Waals surface area contributed by atoms with Crippen LogP contribution in [0.3, 0.4) is 0 Å². The molecule has 109 heavy (non-hydrogen) atoms. The van der Waals surface area contributed by atoms with Crippen LogP contribution in [-0.2, 0) is 10.8 Å². The number of aryl methyl sites for hydroxylation is 1. The Balaban J connectivity index is 0.764. The van der Waals surface area contributed by atoms with E-state index in [-0.39, 0.29) is 11.1 Å². The van der Waals surface area contributed by atoms with Crippen molar-refractivity contribution in [1.82, 2.24) is 0 Å². The highest BCUT2D eigenvalue weighted by atomic mass is 19.2. The minimum atomic E-state index is -1.54. The highest BCUT2D eigenvalue weighted by molar-refractivity contribution is 5.93. The van der Waals surface area contributed by atoms with Gasteiger partial charge in [-0.15, -0.1) is 0 Å². The lowest BCUT2D eigenvalue weighted by atomic mass is 9.67. The van der Waals surface area contributed by atoms with Gasteiger partial charge in [-0.25, -0.2) is 26.3 Å². The summed E-state index contributed by atoms with van der Waals surface area (Å²) < 4.78 is 94.4. The fourth-order valence-corrected chi connectivity index (χ4v) is 16.7. The van der Waals surface area contributed by atoms with Crippen LogP contribution in [-0.4, -0.2) is 0 Å². The Kier molecular flexibility index (Phi) is 16.9. The molecule has 0 fully saturated rings. The smallest absolute Gasteiger partial charge is 0.194 e. The molecule has 0 N–H and O–H groups in total. The van der Waals surface area contributed by atoms with Crippen molar-refractivity contribution in [2.24, 2.45) is 0 Å². The lowest BCUT2D eigenvalue weighted by Gasteiger charge is -2.35. The molecule has 8 heteroatoms. The molecule has 2 atom stereocenters. The van der Waals surface area contributed by atoms with Crippen LogP contribution in [0.15, 0.2) is 371 Å². The topological polar surface area (TPSA) is 6.48 Å². The summed E-state index contributed by atoms with van der Waals surface area (Å²) in [7, 11) is 0. The summed E-state index contributed by atoms with van der Waals surface area (Å²) >= 11 is 0. The Bertz CT molecular complexity index is 6140. The number of fused-ring (bicyclic) bond motifs is 6. The summed E-state index contributed by atoms with van der Waals surface area (Å²) in [4.78, 5) is 4.38. The van der Waals surface area contributed by atoms with Gasteiger partial charge in [0.05, 0.1) is 10.8 Å². The average Bonchev–Trinajstić information content (AvgIpc) is 1.55. The van der Waals surface area contributed by atoms with Gasteiger partial charge < -0.3 is 9.80 Å². The second kappa shape index (κ2) is 27.4. The van der Waals surface area contributed by atoms with Crippen LogP contribution in [0.5, 0.6) is 0 Å². The third kappa shape index (κ3) is 11.5. The first-order valence-electron chi connectivity index (χ1n) is 36.3. The predicted molar refractivity (Wildman–Crippen MR) is 432 cm³/mol. The molecule has 0 aromatic heterocycles. The van der Waals surface area contributed by atoms with Gasteiger partial charge in [0.15, 0.2) is 34.9 Å². The van der Waals surface area contributed by atoms with Gasteiger partial charge >= 0.3 is 0 Å². The van der Waals surface area contributed by atoms with Crippen molar-refractivity contribution >= 4 is 40.2 Å². The Morgan fingerprint density at radius 1 is 0.239 bits per heavy atom. The summed E-state index contributed by atoms with van der Waals surface area (Å²) in [6.45, 7) is 6.00. The van der Waals surface area contributed by atoms with Crippen molar-refractivity contribution in [2.45, 2.75) is 17.8 Å². The summed E-state index contributed by atoms with van der Waals surface area (Å²) in [6, 6.07) is 120. The quantitative estimate of drug-likeness (QED) is 0.0703. The second-order valence-corrected chi connectivity index (χ2v) is 28.0. The standard InChI is InChI=1S/C101H66F6N2/c1-3-65-30-42-77(43-31-65)101(79-60-96(104)99(107)97(105)61-79)91-27-13-11-25-87(91)89-55-53-85(63-93(89)101)109(83-50-38-71(39-51-83)75-23-15-21-73(57-75)67-18-8-5-9-19-67)81-46-34-69(35-47-81)68-32-44-80(45-33-68)108(82-48-36-70(37-49-82)74-22-14-20-72(56-74)66-16-6-4-7-17-66)84-52-54-88-86-24-10-12-26-90(86)100(92(88)62-84,76-40-28-64(2)29-41-76)78-58-94(102)98(106)95(103)59-78/h3-63H,1H2,2H3. The molecule has 2 aliphatic rings. The van der Waals surface area contributed by atoms with E-state index in [0.717, 1.165) is 181 Å². The molecule has 522 valence electrons. The van der Waals surface area contributed by atoms with E-state index in [1.54, 1.807) is 6.08 Å². The number of anilines is 6. The number of nitrogens with zero attached hydrogens (tertiary/aromatic N) is 2. The summed E-state index contributed by atoms with van der Waals surface area (Å²) in [5.74, 6) is -8.20. The maximum atomic E-state index is 16.0. The van der Waals surface area contributed by atoms with Gasteiger partial charge in [0.1, 0.15) is 0 Å². The largest absolute Gasteiger partial charge is 0.310 e. The zero-order chi connectivity index (χ0) is 74.1. The number of hydrogen-bond donors (Lipinski definition) is 0. The van der Waals surface area contributed by atoms with Crippen LogP contribution in [0.4, 0.5) is 60.5 Å². The highest BCUT2D eigenvalue weighted by Crippen LogP contribution is 2.60. The van der Waals surface area contributed by atoms with Gasteiger partial charge in [-0.1, -0.05) is 273 Å². The van der Waals surface area contributed by atoms with E-state index in [4.69, 9.17) is 0 Å². The second-order valence-electron chi connectivity index (χ2n) is 28.0. The molecular weight excluding hydrogens is 1360 g/mol. The zero-order valence-corrected chi connectivity index (χ0v) is 59.1. The van der Waals surface area contributed by atoms with Gasteiger partial charge in [-0.2, -0.15) is 0 Å².